The van der Waals surface area contributed by atoms with Crippen molar-refractivity contribution in [1.29, 1.82) is 0 Å². The highest BCUT2D eigenvalue weighted by atomic mass is 16.5. The number of amides is 3. The summed E-state index contributed by atoms with van der Waals surface area (Å²) in [5.41, 5.74) is 1.27. The Morgan fingerprint density at radius 2 is 1.92 bits per heavy atom. The highest BCUT2D eigenvalue weighted by Crippen LogP contribution is 2.31. The predicted octanol–water partition coefficient (Wildman–Crippen LogP) is 3.08. The maximum Gasteiger partial charge on any atom is 0.272 e. The van der Waals surface area contributed by atoms with E-state index in [0.717, 1.165) is 12.8 Å². The topological polar surface area (TPSA) is 101 Å². The summed E-state index contributed by atoms with van der Waals surface area (Å²) < 4.78 is 11.9. The largest absolute Gasteiger partial charge is 0.491 e. The Bertz CT molecular complexity index is 1100. The fraction of sp³-hybridized carbons (Fsp3) is 0.481. The fourth-order valence-electron chi connectivity index (χ4n) is 4.36. The zero-order chi connectivity index (χ0) is 25.8. The minimum absolute atomic E-state index is 0.0320. The highest BCUT2D eigenvalue weighted by molar-refractivity contribution is 6.00. The van der Waals surface area contributed by atoms with Crippen molar-refractivity contribution in [2.75, 3.05) is 39.2 Å². The second-order valence-corrected chi connectivity index (χ2v) is 9.74. The van der Waals surface area contributed by atoms with Gasteiger partial charge in [0.15, 0.2) is 0 Å². The Hall–Kier alpha value is -3.46. The smallest absolute Gasteiger partial charge is 0.272 e. The molecule has 0 unspecified atom stereocenters. The van der Waals surface area contributed by atoms with Crippen LogP contribution in [-0.2, 0) is 9.53 Å². The minimum Gasteiger partial charge on any atom is -0.491 e. The zero-order valence-electron chi connectivity index (χ0n) is 21.3. The van der Waals surface area contributed by atoms with Crippen LogP contribution >= 0.6 is 0 Å². The van der Waals surface area contributed by atoms with Crippen LogP contribution in [0.3, 0.4) is 0 Å². The van der Waals surface area contributed by atoms with Gasteiger partial charge in [0.25, 0.3) is 11.8 Å². The molecule has 9 nitrogen and oxygen atoms in total. The number of likely N-dealkylation sites (N-methyl/N-ethyl adjacent to an activating group) is 1. The lowest BCUT2D eigenvalue weighted by Gasteiger charge is -2.36. The van der Waals surface area contributed by atoms with Crippen LogP contribution in [0.1, 0.15) is 47.5 Å². The van der Waals surface area contributed by atoms with E-state index in [0.29, 0.717) is 35.8 Å². The van der Waals surface area contributed by atoms with E-state index < -0.39 is 0 Å². The summed E-state index contributed by atoms with van der Waals surface area (Å²) in [7, 11) is 3.33. The van der Waals surface area contributed by atoms with Gasteiger partial charge in [0.1, 0.15) is 18.1 Å². The number of nitrogens with one attached hydrogen (secondary N) is 1. The first-order valence-electron chi connectivity index (χ1n) is 12.4. The zero-order valence-corrected chi connectivity index (χ0v) is 21.3. The van der Waals surface area contributed by atoms with Crippen molar-refractivity contribution >= 4 is 23.4 Å². The number of carbonyl (C=O) groups excluding carboxylic acids is 3. The molecule has 1 aliphatic carbocycles. The molecule has 2 heterocycles. The van der Waals surface area contributed by atoms with Gasteiger partial charge in [-0.1, -0.05) is 13.0 Å². The molecule has 1 saturated carbocycles. The molecule has 0 radical (unpaired) electrons. The quantitative estimate of drug-likeness (QED) is 0.701. The van der Waals surface area contributed by atoms with Crippen LogP contribution in [0.4, 0.5) is 5.69 Å². The number of aromatic nitrogens is 1. The third-order valence-electron chi connectivity index (χ3n) is 6.81. The number of ether oxygens (including phenoxy) is 2. The average Bonchev–Trinajstić information content (AvgIpc) is 3.74. The van der Waals surface area contributed by atoms with Crippen molar-refractivity contribution in [2.24, 2.45) is 11.8 Å². The van der Waals surface area contributed by atoms with Gasteiger partial charge in [-0.3, -0.25) is 19.4 Å². The Morgan fingerprint density at radius 1 is 1.14 bits per heavy atom. The fourth-order valence-corrected chi connectivity index (χ4v) is 4.36. The monoisotopic (exact) mass is 494 g/mol. The predicted molar refractivity (Wildman–Crippen MR) is 135 cm³/mol. The third kappa shape index (κ3) is 5.84. The second-order valence-electron chi connectivity index (χ2n) is 9.74. The number of carbonyl (C=O) groups is 3. The highest BCUT2D eigenvalue weighted by Gasteiger charge is 2.32. The molecule has 9 heteroatoms. The number of anilines is 1. The molecule has 1 fully saturated rings. The molecule has 1 aliphatic heterocycles. The lowest BCUT2D eigenvalue weighted by atomic mass is 10.0. The number of rotatable bonds is 4. The van der Waals surface area contributed by atoms with Crippen LogP contribution in [0.5, 0.6) is 5.75 Å². The van der Waals surface area contributed by atoms with E-state index in [1.807, 2.05) is 13.8 Å². The number of nitrogens with zero attached hydrogens (tertiary/aromatic N) is 3. The Labute approximate surface area is 211 Å². The first kappa shape index (κ1) is 25.6. The van der Waals surface area contributed by atoms with Crippen LogP contribution in [0.15, 0.2) is 42.6 Å². The molecule has 4 rings (SSSR count). The van der Waals surface area contributed by atoms with Crippen LogP contribution in [-0.4, -0.2) is 78.5 Å². The summed E-state index contributed by atoms with van der Waals surface area (Å²) in [4.78, 5) is 46.7. The van der Waals surface area contributed by atoms with Gasteiger partial charge in [0, 0.05) is 51.0 Å². The third-order valence-corrected chi connectivity index (χ3v) is 6.81. The summed E-state index contributed by atoms with van der Waals surface area (Å²) in [6.07, 6.45) is 3.09. The van der Waals surface area contributed by atoms with Crippen molar-refractivity contribution < 1.29 is 23.9 Å². The first-order valence-corrected chi connectivity index (χ1v) is 12.4. The van der Waals surface area contributed by atoms with Gasteiger partial charge >= 0.3 is 0 Å². The van der Waals surface area contributed by atoms with Gasteiger partial charge in [0.05, 0.1) is 17.7 Å². The van der Waals surface area contributed by atoms with E-state index in [2.05, 4.69) is 10.3 Å². The van der Waals surface area contributed by atoms with Gasteiger partial charge in [-0.2, -0.15) is 0 Å². The molecule has 3 amide bonds. The molecule has 2 aromatic rings. The molecule has 0 bridgehead atoms. The van der Waals surface area contributed by atoms with Crippen molar-refractivity contribution in [2.45, 2.75) is 38.8 Å². The maximum atomic E-state index is 13.4. The SMILES string of the molecule is CO[C@H]1CN(C)C(=O)c2cc(NC(=O)C3CC3)ccc2OC[C@H](C)N(C(=O)c2ccccn2)C[C@H]1C. The number of methoxy groups -OCH3 is 1. The van der Waals surface area contributed by atoms with E-state index in [9.17, 15) is 14.4 Å². The molecule has 3 atom stereocenters. The standard InChI is InChI=1S/C27H34N4O5/c1-17-14-31(27(34)22-7-5-6-12-28-22)18(2)16-36-23-11-10-20(29-25(32)19-8-9-19)13-21(23)26(33)30(3)15-24(17)35-4/h5-7,10-13,17-19,24H,8-9,14-16H2,1-4H3,(H,29,32)/t17-,18+,24+/m1/s1. The molecule has 36 heavy (non-hydrogen) atoms. The van der Waals surface area contributed by atoms with E-state index >= 15 is 0 Å². The number of fused-ring (bicyclic) bond motifs is 1. The molecule has 1 aromatic carbocycles. The van der Waals surface area contributed by atoms with E-state index in [1.54, 1.807) is 66.6 Å². The number of benzene rings is 1. The van der Waals surface area contributed by atoms with Crippen molar-refractivity contribution in [1.82, 2.24) is 14.8 Å². The Kier molecular flexibility index (Phi) is 7.88. The second kappa shape index (κ2) is 11.1. The van der Waals surface area contributed by atoms with Gasteiger partial charge in [0.2, 0.25) is 5.91 Å². The number of hydrogen-bond donors (Lipinski definition) is 1. The van der Waals surface area contributed by atoms with Gasteiger partial charge < -0.3 is 24.6 Å². The van der Waals surface area contributed by atoms with Crippen molar-refractivity contribution in [3.8, 4) is 5.75 Å². The molecule has 0 saturated heterocycles. The lowest BCUT2D eigenvalue weighted by molar-refractivity contribution is -0.117. The van der Waals surface area contributed by atoms with Gasteiger partial charge in [-0.05, 0) is 50.1 Å². The summed E-state index contributed by atoms with van der Waals surface area (Å²) in [5.74, 6) is -0.0625. The summed E-state index contributed by atoms with van der Waals surface area (Å²) in [6, 6.07) is 10.1. The Morgan fingerprint density at radius 3 is 2.58 bits per heavy atom. The minimum atomic E-state index is -0.299. The molecule has 2 aliphatic rings. The van der Waals surface area contributed by atoms with Gasteiger partial charge in [-0.15, -0.1) is 0 Å². The molecule has 1 N–H and O–H groups in total. The number of hydrogen-bond acceptors (Lipinski definition) is 6. The molecule has 0 spiro atoms. The molecule has 1 aromatic heterocycles. The summed E-state index contributed by atoms with van der Waals surface area (Å²) >= 11 is 0. The summed E-state index contributed by atoms with van der Waals surface area (Å²) in [5, 5.41) is 2.90. The van der Waals surface area contributed by atoms with E-state index in [1.165, 1.54) is 0 Å². The van der Waals surface area contributed by atoms with Crippen molar-refractivity contribution in [3.63, 3.8) is 0 Å². The number of pyridine rings is 1. The molecule has 192 valence electrons. The van der Waals surface area contributed by atoms with E-state index in [-0.39, 0.29) is 48.3 Å². The normalized spacial score (nSPS) is 23.1. The first-order chi connectivity index (χ1) is 17.3. The lowest BCUT2D eigenvalue weighted by Crippen LogP contribution is -2.48. The molecular weight excluding hydrogens is 460 g/mol. The summed E-state index contributed by atoms with van der Waals surface area (Å²) in [6.45, 7) is 4.84. The maximum absolute atomic E-state index is 13.4. The van der Waals surface area contributed by atoms with Crippen molar-refractivity contribution in [3.05, 3.63) is 53.9 Å². The van der Waals surface area contributed by atoms with Crippen LogP contribution in [0, 0.1) is 11.8 Å². The van der Waals surface area contributed by atoms with Crippen LogP contribution in [0.25, 0.3) is 0 Å². The Balaban J connectivity index is 1.65. The average molecular weight is 495 g/mol. The van der Waals surface area contributed by atoms with E-state index in [4.69, 9.17) is 9.47 Å². The van der Waals surface area contributed by atoms with Gasteiger partial charge in [-0.25, -0.2) is 0 Å². The van der Waals surface area contributed by atoms with Crippen LogP contribution in [0.2, 0.25) is 0 Å². The van der Waals surface area contributed by atoms with Crippen LogP contribution < -0.4 is 10.1 Å². The molecular formula is C27H34N4O5.